The minimum atomic E-state index is -0.565. The van der Waals surface area contributed by atoms with Crippen LogP contribution in [0, 0.1) is 11.6 Å². The molecule has 2 N–H and O–H groups in total. The first-order valence-corrected chi connectivity index (χ1v) is 5.25. The van der Waals surface area contributed by atoms with Gasteiger partial charge in [0.25, 0.3) is 0 Å². The summed E-state index contributed by atoms with van der Waals surface area (Å²) < 4.78 is 28.4. The summed E-state index contributed by atoms with van der Waals surface area (Å²) in [6.45, 7) is 0. The standard InChI is InChI=1S/C12H13F2N3/c1-17-7-8(6-16-17)12(15)5-9-10(13)3-2-4-11(9)14/h2-4,6-7,12H,5,15H2,1H3. The van der Waals surface area contributed by atoms with Crippen LogP contribution in [0.15, 0.2) is 30.6 Å². The maximum atomic E-state index is 13.4. The number of benzene rings is 1. The Morgan fingerprint density at radius 2 is 2.00 bits per heavy atom. The van der Waals surface area contributed by atoms with Crippen LogP contribution in [0.3, 0.4) is 0 Å². The first-order chi connectivity index (χ1) is 8.08. The van der Waals surface area contributed by atoms with Crippen LogP contribution >= 0.6 is 0 Å². The molecule has 1 heterocycles. The van der Waals surface area contributed by atoms with Crippen LogP contribution in [-0.4, -0.2) is 9.78 Å². The number of hydrogen-bond donors (Lipinski definition) is 1. The van der Waals surface area contributed by atoms with Crippen molar-refractivity contribution < 1.29 is 8.78 Å². The minimum absolute atomic E-state index is 0.0175. The Labute approximate surface area is 97.9 Å². The maximum Gasteiger partial charge on any atom is 0.129 e. The number of nitrogens with zero attached hydrogens (tertiary/aromatic N) is 2. The summed E-state index contributed by atoms with van der Waals surface area (Å²) in [6, 6.07) is 3.34. The zero-order valence-corrected chi connectivity index (χ0v) is 9.40. The van der Waals surface area contributed by atoms with Gasteiger partial charge in [0, 0.05) is 30.4 Å². The lowest BCUT2D eigenvalue weighted by Crippen LogP contribution is -2.14. The van der Waals surface area contributed by atoms with Crippen molar-refractivity contribution in [3.05, 3.63) is 53.4 Å². The Bertz CT molecular complexity index is 502. The van der Waals surface area contributed by atoms with Gasteiger partial charge in [-0.25, -0.2) is 8.78 Å². The molecule has 0 saturated carbocycles. The first-order valence-electron chi connectivity index (χ1n) is 5.25. The third kappa shape index (κ3) is 2.50. The van der Waals surface area contributed by atoms with E-state index >= 15 is 0 Å². The summed E-state index contributed by atoms with van der Waals surface area (Å²) in [7, 11) is 1.76. The fourth-order valence-corrected chi connectivity index (χ4v) is 1.70. The van der Waals surface area contributed by atoms with E-state index in [4.69, 9.17) is 5.73 Å². The largest absolute Gasteiger partial charge is 0.324 e. The highest BCUT2D eigenvalue weighted by Crippen LogP contribution is 2.20. The van der Waals surface area contributed by atoms with Gasteiger partial charge in [-0.2, -0.15) is 5.10 Å². The molecule has 1 aromatic carbocycles. The van der Waals surface area contributed by atoms with Gasteiger partial charge in [-0.3, -0.25) is 4.68 Å². The van der Waals surface area contributed by atoms with Gasteiger partial charge in [0.15, 0.2) is 0 Å². The summed E-state index contributed by atoms with van der Waals surface area (Å²) in [5, 5.41) is 3.97. The number of aromatic nitrogens is 2. The van der Waals surface area contributed by atoms with E-state index in [0.717, 1.165) is 5.56 Å². The van der Waals surface area contributed by atoms with E-state index in [0.29, 0.717) is 0 Å². The van der Waals surface area contributed by atoms with Crippen molar-refractivity contribution >= 4 is 0 Å². The van der Waals surface area contributed by atoms with Crippen LogP contribution in [-0.2, 0) is 13.5 Å². The number of halogens is 2. The molecule has 0 aliphatic heterocycles. The molecule has 3 nitrogen and oxygen atoms in total. The van der Waals surface area contributed by atoms with Gasteiger partial charge in [0.05, 0.1) is 6.20 Å². The molecule has 0 amide bonds. The lowest BCUT2D eigenvalue weighted by molar-refractivity contribution is 0.540. The highest BCUT2D eigenvalue weighted by molar-refractivity contribution is 5.23. The van der Waals surface area contributed by atoms with Crippen LogP contribution in [0.4, 0.5) is 8.78 Å². The molecule has 0 aliphatic carbocycles. The number of rotatable bonds is 3. The molecule has 0 fully saturated rings. The molecule has 2 rings (SSSR count). The Kier molecular flexibility index (Phi) is 3.19. The summed E-state index contributed by atoms with van der Waals surface area (Å²) in [5.41, 5.74) is 6.67. The average molecular weight is 237 g/mol. The summed E-state index contributed by atoms with van der Waals surface area (Å²) >= 11 is 0. The number of hydrogen-bond acceptors (Lipinski definition) is 2. The number of nitrogens with two attached hydrogens (primary N) is 1. The normalized spacial score (nSPS) is 12.7. The lowest BCUT2D eigenvalue weighted by atomic mass is 10.0. The zero-order chi connectivity index (χ0) is 12.4. The molecule has 5 heteroatoms. The lowest BCUT2D eigenvalue weighted by Gasteiger charge is -2.10. The van der Waals surface area contributed by atoms with Gasteiger partial charge in [-0.15, -0.1) is 0 Å². The highest BCUT2D eigenvalue weighted by Gasteiger charge is 2.15. The van der Waals surface area contributed by atoms with Gasteiger partial charge < -0.3 is 5.73 Å². The van der Waals surface area contributed by atoms with E-state index in [9.17, 15) is 8.78 Å². The van der Waals surface area contributed by atoms with Gasteiger partial charge in [0.1, 0.15) is 11.6 Å². The molecule has 2 aromatic rings. The molecular formula is C12H13F2N3. The molecule has 1 aromatic heterocycles. The van der Waals surface area contributed by atoms with E-state index < -0.39 is 17.7 Å². The first kappa shape index (κ1) is 11.7. The van der Waals surface area contributed by atoms with E-state index in [1.165, 1.54) is 18.2 Å². The molecule has 17 heavy (non-hydrogen) atoms. The fraction of sp³-hybridized carbons (Fsp3) is 0.250. The van der Waals surface area contributed by atoms with Crippen molar-refractivity contribution in [3.63, 3.8) is 0 Å². The van der Waals surface area contributed by atoms with Crippen LogP contribution in [0.1, 0.15) is 17.2 Å². The van der Waals surface area contributed by atoms with Crippen molar-refractivity contribution in [2.45, 2.75) is 12.5 Å². The second kappa shape index (κ2) is 4.63. The monoisotopic (exact) mass is 237 g/mol. The molecule has 0 radical (unpaired) electrons. The Morgan fingerprint density at radius 3 is 2.53 bits per heavy atom. The van der Waals surface area contributed by atoms with Crippen LogP contribution in [0.5, 0.6) is 0 Å². The topological polar surface area (TPSA) is 43.8 Å². The van der Waals surface area contributed by atoms with Crippen molar-refractivity contribution in [1.82, 2.24) is 9.78 Å². The van der Waals surface area contributed by atoms with Gasteiger partial charge >= 0.3 is 0 Å². The predicted octanol–water partition coefficient (Wildman–Crippen LogP) is 1.94. The van der Waals surface area contributed by atoms with E-state index in [-0.39, 0.29) is 12.0 Å². The number of aryl methyl sites for hydroxylation is 1. The quantitative estimate of drug-likeness (QED) is 0.886. The van der Waals surface area contributed by atoms with Crippen LogP contribution in [0.25, 0.3) is 0 Å². The van der Waals surface area contributed by atoms with Crippen molar-refractivity contribution in [2.75, 3.05) is 0 Å². The third-order valence-corrected chi connectivity index (χ3v) is 2.64. The summed E-state index contributed by atoms with van der Waals surface area (Å²) in [5.74, 6) is -1.13. The van der Waals surface area contributed by atoms with E-state index in [1.54, 1.807) is 24.1 Å². The molecule has 0 bridgehead atoms. The molecule has 1 atom stereocenters. The van der Waals surface area contributed by atoms with Gasteiger partial charge in [-0.1, -0.05) is 6.07 Å². The molecule has 0 aliphatic rings. The van der Waals surface area contributed by atoms with Crippen LogP contribution < -0.4 is 5.73 Å². The van der Waals surface area contributed by atoms with Crippen molar-refractivity contribution in [1.29, 1.82) is 0 Å². The molecule has 0 saturated heterocycles. The minimum Gasteiger partial charge on any atom is -0.324 e. The predicted molar refractivity (Wildman–Crippen MR) is 60.2 cm³/mol. The summed E-state index contributed by atoms with van der Waals surface area (Å²) in [4.78, 5) is 0. The van der Waals surface area contributed by atoms with Crippen molar-refractivity contribution in [2.24, 2.45) is 12.8 Å². The Morgan fingerprint density at radius 1 is 1.35 bits per heavy atom. The Hall–Kier alpha value is -1.75. The smallest absolute Gasteiger partial charge is 0.129 e. The second-order valence-electron chi connectivity index (χ2n) is 3.96. The van der Waals surface area contributed by atoms with Gasteiger partial charge in [-0.05, 0) is 18.6 Å². The second-order valence-corrected chi connectivity index (χ2v) is 3.96. The average Bonchev–Trinajstić information content (AvgIpc) is 2.70. The zero-order valence-electron chi connectivity index (χ0n) is 9.40. The molecule has 90 valence electrons. The van der Waals surface area contributed by atoms with Crippen LogP contribution in [0.2, 0.25) is 0 Å². The highest BCUT2D eigenvalue weighted by atomic mass is 19.1. The fourth-order valence-electron chi connectivity index (χ4n) is 1.70. The maximum absolute atomic E-state index is 13.4. The van der Waals surface area contributed by atoms with Gasteiger partial charge in [0.2, 0.25) is 0 Å². The third-order valence-electron chi connectivity index (χ3n) is 2.64. The van der Waals surface area contributed by atoms with E-state index in [2.05, 4.69) is 5.10 Å². The molecular weight excluding hydrogens is 224 g/mol. The van der Waals surface area contributed by atoms with Crippen molar-refractivity contribution in [3.8, 4) is 0 Å². The molecule has 1 unspecified atom stereocenters. The Balaban J connectivity index is 2.21. The SMILES string of the molecule is Cn1cc(C(N)Cc2c(F)cccc2F)cn1. The van der Waals surface area contributed by atoms with E-state index in [1.807, 2.05) is 0 Å². The summed E-state index contributed by atoms with van der Waals surface area (Å²) in [6.07, 6.45) is 3.46. The molecule has 0 spiro atoms.